The van der Waals surface area contributed by atoms with E-state index in [4.69, 9.17) is 4.98 Å². The van der Waals surface area contributed by atoms with E-state index in [2.05, 4.69) is 53.7 Å². The second kappa shape index (κ2) is 15.7. The fourth-order valence-electron chi connectivity index (χ4n) is 18.7. The first-order valence-electron chi connectivity index (χ1n) is 23.8. The summed E-state index contributed by atoms with van der Waals surface area (Å²) >= 11 is 0. The van der Waals surface area contributed by atoms with Crippen molar-refractivity contribution in [1.29, 1.82) is 0 Å². The zero-order valence-electron chi connectivity index (χ0n) is 41.5. The Kier molecular flexibility index (Phi) is 11.6. The molecular weight excluding hydrogens is 915 g/mol. The van der Waals surface area contributed by atoms with Gasteiger partial charge in [-0.1, -0.05) is 137 Å². The van der Waals surface area contributed by atoms with Crippen LogP contribution in [0.25, 0.3) is 44.8 Å². The molecule has 8 fully saturated rings. The van der Waals surface area contributed by atoms with Crippen LogP contribution in [-0.2, 0) is 43.2 Å². The molecule has 8 aliphatic carbocycles. The zero-order valence-corrected chi connectivity index (χ0v) is 43.9. The standard InChI is InChI=1S/C58H64F3NO2.2CH3.Zr/c1-35-17-42(48(63)44(19-35)56-29-50(3)23-51(4,30-56)25-52(5,24-50)31-56)38-13-9-11-15-40(38)46-21-37(58(59,60)61)22-47(62-46)41-16-12-10-14-39(41)43-18-36(2)20-45(49(43)64)57-32-53(6)26-54(7,33-57)28-55(8,27-53)34-57;;;/h9-22,63-64H,23-34H2,1-8H3;2*1H3;/q;2*-1;+4/p-2. The molecule has 0 unspecified atom stereocenters. The summed E-state index contributed by atoms with van der Waals surface area (Å²) in [5.41, 5.74) is 6.72. The summed E-state index contributed by atoms with van der Waals surface area (Å²) in [4.78, 5) is 5.07. The van der Waals surface area contributed by atoms with Gasteiger partial charge in [-0.2, -0.15) is 13.2 Å². The van der Waals surface area contributed by atoms with Crippen molar-refractivity contribution >= 4 is 0 Å². The number of benzene rings is 4. The number of alkyl halides is 3. The summed E-state index contributed by atoms with van der Waals surface area (Å²) < 4.78 is 45.4. The van der Waals surface area contributed by atoms with Crippen LogP contribution in [0.1, 0.15) is 146 Å². The van der Waals surface area contributed by atoms with Gasteiger partial charge in [0.2, 0.25) is 0 Å². The number of rotatable bonds is 6. The van der Waals surface area contributed by atoms with Crippen LogP contribution in [0.5, 0.6) is 11.5 Å². The van der Waals surface area contributed by atoms with Crippen molar-refractivity contribution in [3.63, 3.8) is 0 Å². The molecule has 0 spiro atoms. The van der Waals surface area contributed by atoms with Crippen LogP contribution >= 0.6 is 0 Å². The predicted molar refractivity (Wildman–Crippen MR) is 260 cm³/mol. The molecule has 67 heavy (non-hydrogen) atoms. The number of pyridine rings is 1. The largest absolute Gasteiger partial charge is 4.00 e. The Morgan fingerprint density at radius 3 is 1.00 bits per heavy atom. The Morgan fingerprint density at radius 1 is 0.433 bits per heavy atom. The van der Waals surface area contributed by atoms with Crippen LogP contribution in [0.4, 0.5) is 13.2 Å². The van der Waals surface area contributed by atoms with Crippen molar-refractivity contribution in [2.75, 3.05) is 0 Å². The fourth-order valence-corrected chi connectivity index (χ4v) is 18.7. The van der Waals surface area contributed by atoms with Gasteiger partial charge in [0.1, 0.15) is 0 Å². The Balaban J connectivity index is 0.00000203. The van der Waals surface area contributed by atoms with E-state index < -0.39 is 11.7 Å². The Bertz CT molecular complexity index is 2520. The van der Waals surface area contributed by atoms with E-state index in [-0.39, 0.29) is 107 Å². The molecule has 1 heterocycles. The minimum atomic E-state index is -4.68. The second-order valence-corrected chi connectivity index (χ2v) is 25.1. The monoisotopic (exact) mass is 981 g/mol. The molecule has 8 aliphatic rings. The summed E-state index contributed by atoms with van der Waals surface area (Å²) in [5, 5.41) is 30.3. The maximum absolute atomic E-state index is 15.2. The third-order valence-corrected chi connectivity index (χ3v) is 17.5. The molecule has 0 radical (unpaired) electrons. The van der Waals surface area contributed by atoms with E-state index in [0.717, 1.165) is 72.9 Å². The smallest absolute Gasteiger partial charge is 0.872 e. The van der Waals surface area contributed by atoms with Crippen molar-refractivity contribution in [1.82, 2.24) is 4.98 Å². The Hall–Kier alpha value is -3.70. The normalized spacial score (nSPS) is 34.3. The van der Waals surface area contributed by atoms with Gasteiger partial charge in [-0.05, 0) is 180 Å². The van der Waals surface area contributed by atoms with E-state index in [0.29, 0.717) is 33.4 Å². The van der Waals surface area contributed by atoms with Crippen molar-refractivity contribution in [2.24, 2.45) is 32.5 Å². The van der Waals surface area contributed by atoms with Crippen LogP contribution in [0.15, 0.2) is 84.9 Å². The maximum atomic E-state index is 15.2. The average Bonchev–Trinajstić information content (AvgIpc) is 3.15. The second-order valence-electron chi connectivity index (χ2n) is 25.1. The summed E-state index contributed by atoms with van der Waals surface area (Å²) in [7, 11) is 0. The average molecular weight is 983 g/mol. The van der Waals surface area contributed by atoms with Gasteiger partial charge in [0.15, 0.2) is 0 Å². The molecule has 7 heteroatoms. The summed E-state index contributed by atoms with van der Waals surface area (Å²) in [6.07, 6.45) is 8.29. The quantitative estimate of drug-likeness (QED) is 0.159. The van der Waals surface area contributed by atoms with Gasteiger partial charge >= 0.3 is 32.4 Å². The number of aryl methyl sites for hydroxylation is 2. The molecule has 0 saturated heterocycles. The molecule has 4 aromatic carbocycles. The van der Waals surface area contributed by atoms with E-state index in [1.165, 1.54) is 38.5 Å². The topological polar surface area (TPSA) is 59.0 Å². The molecule has 5 aromatic rings. The molecule has 0 aliphatic heterocycles. The summed E-state index contributed by atoms with van der Waals surface area (Å²) in [5.74, 6) is -0.0508. The third kappa shape index (κ3) is 8.00. The van der Waals surface area contributed by atoms with Crippen molar-refractivity contribution in [2.45, 2.75) is 149 Å². The van der Waals surface area contributed by atoms with E-state index in [1.54, 1.807) is 24.3 Å². The number of aromatic nitrogens is 1. The van der Waals surface area contributed by atoms with E-state index in [9.17, 15) is 0 Å². The minimum absolute atomic E-state index is 0. The number of hydrogen-bond donors (Lipinski definition) is 0. The van der Waals surface area contributed by atoms with Gasteiger partial charge in [-0.25, -0.2) is 4.98 Å². The van der Waals surface area contributed by atoms with Gasteiger partial charge < -0.3 is 25.1 Å². The molecule has 3 nitrogen and oxygen atoms in total. The number of halogens is 3. The van der Waals surface area contributed by atoms with Gasteiger partial charge in [0, 0.05) is 11.1 Å². The molecule has 0 amide bonds. The number of hydrogen-bond acceptors (Lipinski definition) is 3. The van der Waals surface area contributed by atoms with Crippen LogP contribution in [0.2, 0.25) is 0 Å². The SMILES string of the molecule is Cc1cc(-c2ccccc2-c2cc(C(F)(F)F)cc(-c3ccccc3-c3cc(C)cc(C45CC6(C)CC(C)(CC(C)(C6)C4)C5)c3[O-])n2)c([O-])c(C23CC4(C)CC(C)(CC(C)(C4)C2)C3)c1.[CH3-].[CH3-].[Zr+4]. The van der Waals surface area contributed by atoms with Gasteiger partial charge in [-0.15, -0.1) is 0 Å². The van der Waals surface area contributed by atoms with E-state index in [1.807, 2.05) is 50.2 Å². The Labute approximate surface area is 418 Å². The van der Waals surface area contributed by atoms with Crippen LogP contribution in [0, 0.1) is 61.2 Å². The van der Waals surface area contributed by atoms with Crippen molar-refractivity contribution in [3.8, 4) is 56.3 Å². The van der Waals surface area contributed by atoms with Crippen LogP contribution in [-0.4, -0.2) is 4.98 Å². The summed E-state index contributed by atoms with van der Waals surface area (Å²) in [6.45, 7) is 18.6. The Morgan fingerprint density at radius 2 is 0.716 bits per heavy atom. The van der Waals surface area contributed by atoms with Gasteiger partial charge in [0.25, 0.3) is 0 Å². The maximum Gasteiger partial charge on any atom is 4.00 e. The molecule has 0 atom stereocenters. The third-order valence-electron chi connectivity index (χ3n) is 17.5. The van der Waals surface area contributed by atoms with Crippen LogP contribution in [0.3, 0.4) is 0 Å². The molecule has 0 N–H and O–H groups in total. The molecule has 1 aromatic heterocycles. The van der Waals surface area contributed by atoms with E-state index >= 15 is 23.4 Å². The molecule has 8 saturated carbocycles. The molecule has 8 bridgehead atoms. The first kappa shape index (κ1) is 49.7. The predicted octanol–water partition coefficient (Wildman–Crippen LogP) is 15.7. The van der Waals surface area contributed by atoms with Crippen LogP contribution < -0.4 is 10.2 Å². The first-order valence-corrected chi connectivity index (χ1v) is 23.8. The first-order chi connectivity index (χ1) is 29.8. The molecular formula is C60H68F3NO2Zr. The van der Waals surface area contributed by atoms with Gasteiger partial charge in [0.05, 0.1) is 17.0 Å². The van der Waals surface area contributed by atoms with Gasteiger partial charge in [-0.3, -0.25) is 0 Å². The zero-order chi connectivity index (χ0) is 45.3. The minimum Gasteiger partial charge on any atom is -0.872 e. The van der Waals surface area contributed by atoms with Crippen molar-refractivity contribution in [3.05, 3.63) is 128 Å². The summed E-state index contributed by atoms with van der Waals surface area (Å²) in [6, 6.07) is 24.9. The molecule has 350 valence electrons. The molecule has 13 rings (SSSR count). The van der Waals surface area contributed by atoms with Crippen molar-refractivity contribution < 1.29 is 49.6 Å². The number of nitrogens with zero attached hydrogens (tertiary/aromatic N) is 1. The fraction of sp³-hybridized carbons (Fsp3) is 0.483.